The summed E-state index contributed by atoms with van der Waals surface area (Å²) < 4.78 is 71.4. The van der Waals surface area contributed by atoms with Crippen LogP contribution in [0.3, 0.4) is 0 Å². The number of carbonyl (C=O) groups excluding carboxylic acids is 1. The van der Waals surface area contributed by atoms with Crippen molar-refractivity contribution >= 4 is 15.6 Å². The molecule has 0 radical (unpaired) electrons. The third kappa shape index (κ3) is 5.49. The molecule has 0 bridgehead atoms. The van der Waals surface area contributed by atoms with Gasteiger partial charge in [0.05, 0.1) is 11.4 Å². The zero-order valence-electron chi connectivity index (χ0n) is 17.8. The monoisotopic (exact) mass is 481 g/mol. The maximum atomic E-state index is 13.4. The van der Waals surface area contributed by atoms with Crippen molar-refractivity contribution in [3.63, 3.8) is 0 Å². The molecule has 10 heteroatoms. The number of ether oxygens (including phenoxy) is 2. The third-order valence-corrected chi connectivity index (χ3v) is 8.18. The molecule has 0 aromatic heterocycles. The van der Waals surface area contributed by atoms with Crippen molar-refractivity contribution in [3.05, 3.63) is 48.5 Å². The van der Waals surface area contributed by atoms with E-state index in [-0.39, 0.29) is 35.0 Å². The Labute approximate surface area is 190 Å². The number of benzene rings is 2. The first kappa shape index (κ1) is 24.6. The molecule has 0 aliphatic carbocycles. The summed E-state index contributed by atoms with van der Waals surface area (Å²) in [6.07, 6.45) is 0.831. The number of nitrogens with zero attached hydrogens (tertiary/aromatic N) is 1. The molecule has 3 rings (SSSR count). The van der Waals surface area contributed by atoms with Crippen LogP contribution in [0.1, 0.15) is 19.8 Å². The van der Waals surface area contributed by atoms with E-state index in [1.54, 1.807) is 0 Å². The van der Waals surface area contributed by atoms with Gasteiger partial charge in [0.15, 0.2) is 15.6 Å². The second-order valence-corrected chi connectivity index (χ2v) is 9.89. The third-order valence-electron chi connectivity index (χ3n) is 5.56. The lowest BCUT2D eigenvalue weighted by atomic mass is 9.92. The zero-order chi connectivity index (χ0) is 24.3. The van der Waals surface area contributed by atoms with Crippen LogP contribution in [-0.2, 0) is 14.6 Å². The first-order valence-corrected chi connectivity index (χ1v) is 11.5. The molecule has 0 unspecified atom stereocenters. The molecule has 1 heterocycles. The summed E-state index contributed by atoms with van der Waals surface area (Å²) in [6.45, 7) is 2.48. The summed E-state index contributed by atoms with van der Waals surface area (Å²) in [5.74, 6) is 2.24. The lowest BCUT2D eigenvalue weighted by Gasteiger charge is -2.38. The molecule has 176 valence electrons. The van der Waals surface area contributed by atoms with E-state index < -0.39 is 26.7 Å². The highest BCUT2D eigenvalue weighted by Gasteiger charge is 2.50. The molecule has 0 amide bonds. The highest BCUT2D eigenvalue weighted by molar-refractivity contribution is 7.93. The molecule has 1 saturated heterocycles. The Hall–Kier alpha value is -3.03. The number of piperidine rings is 1. The van der Waals surface area contributed by atoms with E-state index in [0.29, 0.717) is 19.6 Å². The van der Waals surface area contributed by atoms with E-state index in [2.05, 4.69) is 10.7 Å². The van der Waals surface area contributed by atoms with E-state index in [4.69, 9.17) is 11.2 Å². The predicted octanol–water partition coefficient (Wildman–Crippen LogP) is 4.21. The average Bonchev–Trinajstić information content (AvgIpc) is 2.75. The van der Waals surface area contributed by atoms with Crippen molar-refractivity contribution in [2.75, 3.05) is 19.6 Å². The highest BCUT2D eigenvalue weighted by atomic mass is 32.2. The number of hydrogen-bond donors (Lipinski definition) is 0. The highest BCUT2D eigenvalue weighted by Crippen LogP contribution is 2.37. The summed E-state index contributed by atoms with van der Waals surface area (Å²) in [6, 6.07) is 10.3. The lowest BCUT2D eigenvalue weighted by Crippen LogP contribution is -2.53. The summed E-state index contributed by atoms with van der Waals surface area (Å²) in [7, 11) is -3.98. The van der Waals surface area contributed by atoms with Crippen molar-refractivity contribution in [1.29, 1.82) is 0 Å². The van der Waals surface area contributed by atoms with Gasteiger partial charge in [-0.05, 0) is 68.3 Å². The molecular formula is C23H22F3NO5S. The SMILES string of the molecule is C#CCN1CCC(C(C)=O)(S(=O)(=O)c2ccc(Oc3ccc(OC(F)(F)F)cc3)cc2)CC1. The molecule has 0 spiro atoms. The van der Waals surface area contributed by atoms with Crippen LogP contribution in [-0.4, -0.2) is 49.8 Å². The van der Waals surface area contributed by atoms with Crippen LogP contribution >= 0.6 is 0 Å². The van der Waals surface area contributed by atoms with Crippen molar-refractivity contribution in [2.45, 2.75) is 35.8 Å². The summed E-state index contributed by atoms with van der Waals surface area (Å²) >= 11 is 0. The van der Waals surface area contributed by atoms with Crippen LogP contribution in [0.2, 0.25) is 0 Å². The maximum Gasteiger partial charge on any atom is 0.573 e. The number of likely N-dealkylation sites (tertiary alicyclic amines) is 1. The zero-order valence-corrected chi connectivity index (χ0v) is 18.6. The van der Waals surface area contributed by atoms with Crippen molar-refractivity contribution < 1.29 is 35.9 Å². The van der Waals surface area contributed by atoms with Gasteiger partial charge < -0.3 is 9.47 Å². The lowest BCUT2D eigenvalue weighted by molar-refractivity contribution is -0.274. The standard InChI is InChI=1S/C23H22F3NO5S/c1-3-14-27-15-12-22(13-16-27,17(2)28)33(29,30)21-10-8-19(9-11-21)31-18-4-6-20(7-5-18)32-23(24,25)26/h1,4-11H,12-16H2,2H3. The molecule has 2 aromatic carbocycles. The van der Waals surface area contributed by atoms with Gasteiger partial charge in [-0.15, -0.1) is 19.6 Å². The second-order valence-electron chi connectivity index (χ2n) is 7.63. The van der Waals surface area contributed by atoms with E-state index in [1.165, 1.54) is 43.3 Å². The number of halogens is 3. The quantitative estimate of drug-likeness (QED) is 0.552. The molecule has 1 aliphatic rings. The van der Waals surface area contributed by atoms with Crippen LogP contribution < -0.4 is 9.47 Å². The minimum Gasteiger partial charge on any atom is -0.457 e. The van der Waals surface area contributed by atoms with Gasteiger partial charge in [-0.25, -0.2) is 8.42 Å². The first-order valence-electron chi connectivity index (χ1n) is 10.0. The van der Waals surface area contributed by atoms with Crippen LogP contribution in [0.25, 0.3) is 0 Å². The van der Waals surface area contributed by atoms with Gasteiger partial charge in [-0.2, -0.15) is 0 Å². The van der Waals surface area contributed by atoms with E-state index in [0.717, 1.165) is 12.1 Å². The van der Waals surface area contributed by atoms with Gasteiger partial charge >= 0.3 is 6.36 Å². The summed E-state index contributed by atoms with van der Waals surface area (Å²) in [4.78, 5) is 14.4. The fraction of sp³-hybridized carbons (Fsp3) is 0.348. The number of Topliss-reactive ketones (excluding diaryl/α,β-unsaturated/α-hetero) is 1. The molecule has 0 N–H and O–H groups in total. The smallest absolute Gasteiger partial charge is 0.457 e. The Morgan fingerprint density at radius 1 is 1.03 bits per heavy atom. The van der Waals surface area contributed by atoms with Crippen LogP contribution in [0.5, 0.6) is 17.2 Å². The Kier molecular flexibility index (Phi) is 7.05. The second kappa shape index (κ2) is 9.45. The topological polar surface area (TPSA) is 72.9 Å². The van der Waals surface area contributed by atoms with Crippen LogP contribution in [0.15, 0.2) is 53.4 Å². The number of rotatable bonds is 7. The fourth-order valence-corrected chi connectivity index (χ4v) is 5.81. The van der Waals surface area contributed by atoms with Gasteiger partial charge in [-0.1, -0.05) is 5.92 Å². The van der Waals surface area contributed by atoms with Crippen LogP contribution in [0.4, 0.5) is 13.2 Å². The van der Waals surface area contributed by atoms with Gasteiger partial charge in [-0.3, -0.25) is 9.69 Å². The normalized spacial score (nSPS) is 16.6. The van der Waals surface area contributed by atoms with Crippen molar-refractivity contribution in [3.8, 4) is 29.6 Å². The largest absolute Gasteiger partial charge is 0.573 e. The molecule has 1 aliphatic heterocycles. The molecule has 0 saturated carbocycles. The minimum absolute atomic E-state index is 0.00984. The van der Waals surface area contributed by atoms with Gasteiger partial charge in [0.25, 0.3) is 0 Å². The summed E-state index contributed by atoms with van der Waals surface area (Å²) in [5, 5.41) is 0. The average molecular weight is 481 g/mol. The van der Waals surface area contributed by atoms with E-state index in [1.807, 2.05) is 4.90 Å². The van der Waals surface area contributed by atoms with Crippen LogP contribution in [0, 0.1) is 12.3 Å². The predicted molar refractivity (Wildman–Crippen MR) is 115 cm³/mol. The van der Waals surface area contributed by atoms with Gasteiger partial charge in [0.1, 0.15) is 22.0 Å². The van der Waals surface area contributed by atoms with Gasteiger partial charge in [0, 0.05) is 13.1 Å². The number of ketones is 1. The fourth-order valence-electron chi connectivity index (χ4n) is 3.77. The molecular weight excluding hydrogens is 459 g/mol. The van der Waals surface area contributed by atoms with Crippen molar-refractivity contribution in [2.24, 2.45) is 0 Å². The number of sulfone groups is 1. The molecule has 33 heavy (non-hydrogen) atoms. The first-order chi connectivity index (χ1) is 15.5. The Bertz CT molecular complexity index is 1130. The maximum absolute atomic E-state index is 13.4. The summed E-state index contributed by atoms with van der Waals surface area (Å²) in [5.41, 5.74) is 0. The van der Waals surface area contributed by atoms with Crippen molar-refractivity contribution in [1.82, 2.24) is 4.90 Å². The Balaban J connectivity index is 1.75. The Morgan fingerprint density at radius 3 is 1.97 bits per heavy atom. The number of terminal acetylenes is 1. The molecule has 0 atom stereocenters. The molecule has 1 fully saturated rings. The number of carbonyl (C=O) groups is 1. The van der Waals surface area contributed by atoms with E-state index in [9.17, 15) is 26.4 Å². The minimum atomic E-state index is -4.79. The molecule has 2 aromatic rings. The number of alkyl halides is 3. The van der Waals surface area contributed by atoms with Gasteiger partial charge in [0.2, 0.25) is 0 Å². The Morgan fingerprint density at radius 2 is 1.52 bits per heavy atom. The van der Waals surface area contributed by atoms with E-state index >= 15 is 0 Å². The number of hydrogen-bond acceptors (Lipinski definition) is 6. The molecule has 6 nitrogen and oxygen atoms in total.